The summed E-state index contributed by atoms with van der Waals surface area (Å²) in [6, 6.07) is 16.1. The Kier molecular flexibility index (Phi) is 8.34. The van der Waals surface area contributed by atoms with Gasteiger partial charge >= 0.3 is 0 Å². The smallest absolute Gasteiger partial charge is 0.261 e. The summed E-state index contributed by atoms with van der Waals surface area (Å²) in [5, 5.41) is 2.85. The van der Waals surface area contributed by atoms with E-state index in [0.29, 0.717) is 24.6 Å². The first-order valence-electron chi connectivity index (χ1n) is 9.43. The molecule has 150 valence electrons. The van der Waals surface area contributed by atoms with Crippen molar-refractivity contribution >= 4 is 11.8 Å². The minimum atomic E-state index is -0.611. The highest BCUT2D eigenvalue weighted by Gasteiger charge is 2.26. The number of hydrogen-bond acceptors (Lipinski definition) is 4. The van der Waals surface area contributed by atoms with Crippen LogP contribution in [0.5, 0.6) is 11.5 Å². The van der Waals surface area contributed by atoms with Crippen LogP contribution in [0.25, 0.3) is 0 Å². The lowest BCUT2D eigenvalue weighted by atomic mass is 10.1. The molecule has 0 unspecified atom stereocenters. The Morgan fingerprint density at radius 3 is 2.32 bits per heavy atom. The highest BCUT2D eigenvalue weighted by molar-refractivity contribution is 5.88. The summed E-state index contributed by atoms with van der Waals surface area (Å²) in [5.41, 5.74) is 0.947. The van der Waals surface area contributed by atoms with E-state index < -0.39 is 6.04 Å². The van der Waals surface area contributed by atoms with Gasteiger partial charge in [-0.15, -0.1) is 0 Å². The van der Waals surface area contributed by atoms with E-state index in [0.717, 1.165) is 12.0 Å². The summed E-state index contributed by atoms with van der Waals surface area (Å²) in [7, 11) is 1.55. The zero-order chi connectivity index (χ0) is 20.4. The highest BCUT2D eigenvalue weighted by Crippen LogP contribution is 2.25. The highest BCUT2D eigenvalue weighted by atomic mass is 16.5. The van der Waals surface area contributed by atoms with Gasteiger partial charge in [0.15, 0.2) is 18.1 Å². The number of carbonyl (C=O) groups is 2. The van der Waals surface area contributed by atoms with Gasteiger partial charge in [0.2, 0.25) is 5.91 Å². The third kappa shape index (κ3) is 6.01. The Balaban J connectivity index is 2.12. The number of amides is 2. The van der Waals surface area contributed by atoms with Crippen molar-refractivity contribution in [2.45, 2.75) is 32.9 Å². The maximum atomic E-state index is 12.9. The van der Waals surface area contributed by atoms with Gasteiger partial charge in [-0.05, 0) is 31.0 Å². The minimum absolute atomic E-state index is 0.177. The van der Waals surface area contributed by atoms with Gasteiger partial charge < -0.3 is 19.7 Å². The van der Waals surface area contributed by atoms with Crippen molar-refractivity contribution in [2.24, 2.45) is 0 Å². The number of para-hydroxylation sites is 2. The van der Waals surface area contributed by atoms with Crippen LogP contribution in [0.2, 0.25) is 0 Å². The summed E-state index contributed by atoms with van der Waals surface area (Å²) in [6.07, 6.45) is 0.835. The lowest BCUT2D eigenvalue weighted by Gasteiger charge is -2.28. The zero-order valence-corrected chi connectivity index (χ0v) is 16.7. The molecule has 2 amide bonds. The van der Waals surface area contributed by atoms with Crippen LogP contribution >= 0.6 is 0 Å². The first-order chi connectivity index (χ1) is 13.6. The molecule has 28 heavy (non-hydrogen) atoms. The third-order valence-corrected chi connectivity index (χ3v) is 4.33. The summed E-state index contributed by atoms with van der Waals surface area (Å²) >= 11 is 0. The molecule has 2 aromatic rings. The molecule has 0 radical (unpaired) electrons. The number of methoxy groups -OCH3 is 1. The molecule has 0 aliphatic rings. The van der Waals surface area contributed by atoms with Gasteiger partial charge in [0, 0.05) is 13.1 Å². The van der Waals surface area contributed by atoms with Gasteiger partial charge in [-0.3, -0.25) is 9.59 Å². The summed E-state index contributed by atoms with van der Waals surface area (Å²) < 4.78 is 10.9. The molecular formula is C22H28N2O4. The molecular weight excluding hydrogens is 356 g/mol. The average Bonchev–Trinajstić information content (AvgIpc) is 2.74. The minimum Gasteiger partial charge on any atom is -0.493 e. The molecule has 6 heteroatoms. The molecule has 1 atom stereocenters. The molecule has 0 aliphatic carbocycles. The van der Waals surface area contributed by atoms with E-state index in [-0.39, 0.29) is 18.4 Å². The van der Waals surface area contributed by atoms with E-state index in [4.69, 9.17) is 9.47 Å². The van der Waals surface area contributed by atoms with Crippen LogP contribution in [0.1, 0.15) is 25.8 Å². The number of carbonyl (C=O) groups excluding carboxylic acids is 2. The zero-order valence-electron chi connectivity index (χ0n) is 16.7. The molecule has 0 aromatic heterocycles. The topological polar surface area (TPSA) is 67.9 Å². The molecule has 0 aliphatic heterocycles. The van der Waals surface area contributed by atoms with Gasteiger partial charge in [-0.25, -0.2) is 0 Å². The van der Waals surface area contributed by atoms with E-state index in [1.54, 1.807) is 26.2 Å². The molecule has 0 heterocycles. The summed E-state index contributed by atoms with van der Waals surface area (Å²) in [6.45, 7) is 4.44. The van der Waals surface area contributed by atoms with Gasteiger partial charge in [0.1, 0.15) is 6.04 Å². The number of ether oxygens (including phenoxy) is 2. The van der Waals surface area contributed by atoms with E-state index in [1.165, 1.54) is 4.90 Å². The number of nitrogens with zero attached hydrogens (tertiary/aromatic N) is 1. The Bertz CT molecular complexity index is 764. The second kappa shape index (κ2) is 11.0. The Labute approximate surface area is 166 Å². The fraction of sp³-hybridized carbons (Fsp3) is 0.364. The maximum absolute atomic E-state index is 12.9. The van der Waals surface area contributed by atoms with Gasteiger partial charge in [0.25, 0.3) is 5.91 Å². The normalized spacial score (nSPS) is 11.4. The Morgan fingerprint density at radius 1 is 1.04 bits per heavy atom. The first-order valence-corrected chi connectivity index (χ1v) is 9.43. The van der Waals surface area contributed by atoms with Crippen molar-refractivity contribution in [3.05, 3.63) is 60.2 Å². The van der Waals surface area contributed by atoms with Crippen LogP contribution in [-0.2, 0) is 16.1 Å². The fourth-order valence-corrected chi connectivity index (χ4v) is 2.72. The summed E-state index contributed by atoms with van der Waals surface area (Å²) in [5.74, 6) is 0.595. The molecule has 1 N–H and O–H groups in total. The predicted octanol–water partition coefficient (Wildman–Crippen LogP) is 3.02. The second-order valence-corrected chi connectivity index (χ2v) is 6.41. The predicted molar refractivity (Wildman–Crippen MR) is 108 cm³/mol. The van der Waals surface area contributed by atoms with Crippen LogP contribution in [0.3, 0.4) is 0 Å². The van der Waals surface area contributed by atoms with E-state index in [9.17, 15) is 9.59 Å². The Morgan fingerprint density at radius 2 is 1.68 bits per heavy atom. The van der Waals surface area contributed by atoms with Crippen LogP contribution in [0, 0.1) is 0 Å². The van der Waals surface area contributed by atoms with Gasteiger partial charge in [-0.1, -0.05) is 49.4 Å². The molecule has 0 spiro atoms. The molecule has 2 rings (SSSR count). The molecule has 0 fully saturated rings. The number of benzene rings is 2. The lowest BCUT2D eigenvalue weighted by Crippen LogP contribution is -2.49. The molecule has 0 saturated heterocycles. The van der Waals surface area contributed by atoms with E-state index >= 15 is 0 Å². The largest absolute Gasteiger partial charge is 0.493 e. The van der Waals surface area contributed by atoms with Crippen molar-refractivity contribution in [1.29, 1.82) is 0 Å². The molecule has 0 bridgehead atoms. The van der Waals surface area contributed by atoms with E-state index in [1.807, 2.05) is 49.4 Å². The van der Waals surface area contributed by atoms with Crippen molar-refractivity contribution < 1.29 is 19.1 Å². The second-order valence-electron chi connectivity index (χ2n) is 6.41. The van der Waals surface area contributed by atoms with Crippen LogP contribution < -0.4 is 14.8 Å². The van der Waals surface area contributed by atoms with Crippen LogP contribution in [-0.4, -0.2) is 43.0 Å². The SMILES string of the molecule is CCCNC(=O)[C@H](C)N(Cc1ccccc1)C(=O)COc1ccccc1OC. The quantitative estimate of drug-likeness (QED) is 0.684. The van der Waals surface area contributed by atoms with Crippen molar-refractivity contribution in [3.8, 4) is 11.5 Å². The number of nitrogens with one attached hydrogen (secondary N) is 1. The third-order valence-electron chi connectivity index (χ3n) is 4.33. The number of hydrogen-bond donors (Lipinski definition) is 1. The van der Waals surface area contributed by atoms with Crippen molar-refractivity contribution in [3.63, 3.8) is 0 Å². The lowest BCUT2D eigenvalue weighted by molar-refractivity contribution is -0.142. The van der Waals surface area contributed by atoms with Gasteiger partial charge in [-0.2, -0.15) is 0 Å². The maximum Gasteiger partial charge on any atom is 0.261 e. The number of rotatable bonds is 10. The standard InChI is InChI=1S/C22H28N2O4/c1-4-14-23-22(26)17(2)24(15-18-10-6-5-7-11-18)21(25)16-28-20-13-9-8-12-19(20)27-3/h5-13,17H,4,14-16H2,1-3H3,(H,23,26)/t17-/m0/s1. The van der Waals surface area contributed by atoms with Gasteiger partial charge in [0.05, 0.1) is 7.11 Å². The van der Waals surface area contributed by atoms with Crippen molar-refractivity contribution in [1.82, 2.24) is 10.2 Å². The molecule has 0 saturated carbocycles. The first kappa shape index (κ1) is 21.3. The summed E-state index contributed by atoms with van der Waals surface area (Å²) in [4.78, 5) is 26.9. The van der Waals surface area contributed by atoms with Crippen LogP contribution in [0.15, 0.2) is 54.6 Å². The fourth-order valence-electron chi connectivity index (χ4n) is 2.72. The Hall–Kier alpha value is -3.02. The average molecular weight is 384 g/mol. The van der Waals surface area contributed by atoms with Crippen LogP contribution in [0.4, 0.5) is 0 Å². The van der Waals surface area contributed by atoms with Crippen molar-refractivity contribution in [2.75, 3.05) is 20.3 Å². The molecule has 6 nitrogen and oxygen atoms in total. The molecule has 2 aromatic carbocycles. The van der Waals surface area contributed by atoms with E-state index in [2.05, 4.69) is 5.32 Å². The monoisotopic (exact) mass is 384 g/mol.